The maximum Gasteiger partial charge on any atom is 0.0263 e. The van der Waals surface area contributed by atoms with Gasteiger partial charge in [0.15, 0.2) is 0 Å². The summed E-state index contributed by atoms with van der Waals surface area (Å²) in [6.45, 7) is 3.79. The first-order valence-electron chi connectivity index (χ1n) is 3.30. The third kappa shape index (κ3) is 2.03. The molecule has 0 saturated heterocycles. The minimum atomic E-state index is 0.691. The van der Waals surface area contributed by atoms with Crippen LogP contribution in [0.5, 0.6) is 0 Å². The molecule has 1 rings (SSSR count). The lowest BCUT2D eigenvalue weighted by Gasteiger charge is -1.96. The molecule has 0 N–H and O–H groups in total. The molecule has 0 spiro atoms. The average molecular weight is 154 g/mol. The highest BCUT2D eigenvalue weighted by atomic mass is 35.5. The lowest BCUT2D eigenvalue weighted by molar-refractivity contribution is 1.15. The number of aryl methyl sites for hydroxylation is 1. The van der Waals surface area contributed by atoms with E-state index in [1.54, 1.807) is 0 Å². The molecule has 0 nitrogen and oxygen atoms in total. The first-order valence-corrected chi connectivity index (χ1v) is 3.83. The van der Waals surface area contributed by atoms with Gasteiger partial charge in [-0.2, -0.15) is 0 Å². The largest absolute Gasteiger partial charge is 0.126 e. The fourth-order valence-corrected chi connectivity index (χ4v) is 1.03. The van der Waals surface area contributed by atoms with Crippen LogP contribution in [0.15, 0.2) is 24.3 Å². The van der Waals surface area contributed by atoms with Crippen LogP contribution in [0, 0.1) is 6.92 Å². The Morgan fingerprint density at radius 3 is 2.30 bits per heavy atom. The summed E-state index contributed by atoms with van der Waals surface area (Å²) < 4.78 is 0. The molecular weight excluding hydrogens is 144 g/mol. The fourth-order valence-electron chi connectivity index (χ4n) is 0.815. The number of alkyl halides is 1. The average Bonchev–Trinajstić information content (AvgIpc) is 1.95. The zero-order chi connectivity index (χ0) is 7.40. The van der Waals surface area contributed by atoms with E-state index in [4.69, 9.17) is 11.6 Å². The fraction of sp³-hybridized carbons (Fsp3) is 0.222. The van der Waals surface area contributed by atoms with Gasteiger partial charge >= 0.3 is 0 Å². The van der Waals surface area contributed by atoms with Gasteiger partial charge in [-0.1, -0.05) is 24.3 Å². The topological polar surface area (TPSA) is 0 Å². The SMILES string of the molecule is [CH2]c1ccc(CCCl)cc1. The summed E-state index contributed by atoms with van der Waals surface area (Å²) in [6.07, 6.45) is 0.946. The maximum atomic E-state index is 5.56. The zero-order valence-electron chi connectivity index (χ0n) is 5.81. The van der Waals surface area contributed by atoms with Crippen molar-refractivity contribution < 1.29 is 0 Å². The van der Waals surface area contributed by atoms with E-state index >= 15 is 0 Å². The lowest BCUT2D eigenvalue weighted by Crippen LogP contribution is -1.84. The molecule has 10 heavy (non-hydrogen) atoms. The number of benzene rings is 1. The molecule has 1 aromatic carbocycles. The smallest absolute Gasteiger partial charge is 0.0263 e. The second-order valence-corrected chi connectivity index (χ2v) is 2.63. The molecule has 0 heterocycles. The molecule has 0 aromatic heterocycles. The van der Waals surface area contributed by atoms with Crippen LogP contribution in [0.2, 0.25) is 0 Å². The Morgan fingerprint density at radius 1 is 1.20 bits per heavy atom. The predicted molar refractivity (Wildman–Crippen MR) is 45.3 cm³/mol. The summed E-state index contributed by atoms with van der Waals surface area (Å²) >= 11 is 5.56. The van der Waals surface area contributed by atoms with E-state index in [0.29, 0.717) is 5.88 Å². The maximum absolute atomic E-state index is 5.56. The van der Waals surface area contributed by atoms with Gasteiger partial charge in [0.05, 0.1) is 0 Å². The van der Waals surface area contributed by atoms with Gasteiger partial charge in [0, 0.05) is 5.88 Å². The Bertz CT molecular complexity index is 188. The molecule has 0 bridgehead atoms. The van der Waals surface area contributed by atoms with Crippen molar-refractivity contribution in [1.82, 2.24) is 0 Å². The van der Waals surface area contributed by atoms with Gasteiger partial charge in [0.2, 0.25) is 0 Å². The molecule has 0 unspecified atom stereocenters. The van der Waals surface area contributed by atoms with Crippen molar-refractivity contribution in [2.75, 3.05) is 5.88 Å². The second-order valence-electron chi connectivity index (χ2n) is 2.26. The first kappa shape index (κ1) is 7.62. The van der Waals surface area contributed by atoms with Gasteiger partial charge in [-0.3, -0.25) is 0 Å². The van der Waals surface area contributed by atoms with E-state index in [2.05, 4.69) is 19.1 Å². The number of halogens is 1. The number of hydrogen-bond acceptors (Lipinski definition) is 0. The van der Waals surface area contributed by atoms with E-state index in [-0.39, 0.29) is 0 Å². The van der Waals surface area contributed by atoms with Gasteiger partial charge < -0.3 is 0 Å². The molecule has 0 saturated carbocycles. The Hall–Kier alpha value is -0.490. The molecule has 0 aliphatic carbocycles. The zero-order valence-corrected chi connectivity index (χ0v) is 6.56. The highest BCUT2D eigenvalue weighted by molar-refractivity contribution is 6.17. The molecule has 53 valence electrons. The summed E-state index contributed by atoms with van der Waals surface area (Å²) in [7, 11) is 0. The van der Waals surface area contributed by atoms with Crippen molar-refractivity contribution in [3.8, 4) is 0 Å². The summed E-state index contributed by atoms with van der Waals surface area (Å²) in [4.78, 5) is 0. The van der Waals surface area contributed by atoms with Crippen LogP contribution < -0.4 is 0 Å². The number of hydrogen-bond donors (Lipinski definition) is 0. The summed E-state index contributed by atoms with van der Waals surface area (Å²) in [5.41, 5.74) is 2.33. The monoisotopic (exact) mass is 153 g/mol. The van der Waals surface area contributed by atoms with Crippen LogP contribution in [-0.2, 0) is 6.42 Å². The third-order valence-electron chi connectivity index (χ3n) is 1.41. The molecule has 0 aliphatic heterocycles. The van der Waals surface area contributed by atoms with Crippen LogP contribution in [0.3, 0.4) is 0 Å². The molecule has 0 amide bonds. The Balaban J connectivity index is 2.69. The van der Waals surface area contributed by atoms with Crippen LogP contribution in [-0.4, -0.2) is 5.88 Å². The second kappa shape index (κ2) is 3.62. The molecule has 1 heteroatoms. The lowest BCUT2D eigenvalue weighted by atomic mass is 10.1. The quantitative estimate of drug-likeness (QED) is 0.573. The summed E-state index contributed by atoms with van der Waals surface area (Å²) in [6, 6.07) is 8.12. The van der Waals surface area contributed by atoms with E-state index in [1.165, 1.54) is 5.56 Å². The van der Waals surface area contributed by atoms with Crippen LogP contribution >= 0.6 is 11.6 Å². The minimum absolute atomic E-state index is 0.691. The predicted octanol–water partition coefficient (Wildman–Crippen LogP) is 2.65. The van der Waals surface area contributed by atoms with Crippen LogP contribution in [0.1, 0.15) is 11.1 Å². The Kier molecular flexibility index (Phi) is 2.76. The molecule has 0 fully saturated rings. The number of rotatable bonds is 2. The highest BCUT2D eigenvalue weighted by Gasteiger charge is 1.88. The molecule has 0 atom stereocenters. The molecule has 1 radical (unpaired) electrons. The summed E-state index contributed by atoms with van der Waals surface area (Å²) in [5.74, 6) is 0.691. The van der Waals surface area contributed by atoms with Crippen molar-refractivity contribution in [1.29, 1.82) is 0 Å². The first-order chi connectivity index (χ1) is 4.83. The van der Waals surface area contributed by atoms with E-state index in [9.17, 15) is 0 Å². The van der Waals surface area contributed by atoms with Crippen molar-refractivity contribution in [2.24, 2.45) is 0 Å². The molecule has 1 aromatic rings. The molecule has 0 aliphatic rings. The van der Waals surface area contributed by atoms with Crippen molar-refractivity contribution in [3.63, 3.8) is 0 Å². The third-order valence-corrected chi connectivity index (χ3v) is 1.60. The van der Waals surface area contributed by atoms with E-state index in [1.807, 2.05) is 12.1 Å². The van der Waals surface area contributed by atoms with Gasteiger partial charge in [-0.25, -0.2) is 0 Å². The molecular formula is C9H10Cl. The van der Waals surface area contributed by atoms with Crippen LogP contribution in [0.25, 0.3) is 0 Å². The van der Waals surface area contributed by atoms with Crippen molar-refractivity contribution in [2.45, 2.75) is 6.42 Å². The Morgan fingerprint density at radius 2 is 1.80 bits per heavy atom. The Labute approximate surface area is 66.8 Å². The van der Waals surface area contributed by atoms with Crippen molar-refractivity contribution >= 4 is 11.6 Å². The standard InChI is InChI=1S/C9H10Cl/c1-8-2-4-9(5-3-8)6-7-10/h2-5H,1,6-7H2. The van der Waals surface area contributed by atoms with E-state index in [0.717, 1.165) is 12.0 Å². The van der Waals surface area contributed by atoms with Gasteiger partial charge in [-0.05, 0) is 24.5 Å². The van der Waals surface area contributed by atoms with Gasteiger partial charge in [0.1, 0.15) is 0 Å². The van der Waals surface area contributed by atoms with Crippen molar-refractivity contribution in [3.05, 3.63) is 42.3 Å². The van der Waals surface area contributed by atoms with Crippen LogP contribution in [0.4, 0.5) is 0 Å². The minimum Gasteiger partial charge on any atom is -0.126 e. The van der Waals surface area contributed by atoms with Gasteiger partial charge in [0.25, 0.3) is 0 Å². The highest BCUT2D eigenvalue weighted by Crippen LogP contribution is 2.03. The normalized spacial score (nSPS) is 9.80. The summed E-state index contributed by atoms with van der Waals surface area (Å²) in [5, 5.41) is 0. The van der Waals surface area contributed by atoms with Gasteiger partial charge in [-0.15, -0.1) is 11.6 Å². The van der Waals surface area contributed by atoms with E-state index < -0.39 is 0 Å².